The van der Waals surface area contributed by atoms with E-state index in [-0.39, 0.29) is 5.75 Å². The number of aromatic amines is 1. The molecule has 0 aliphatic carbocycles. The summed E-state index contributed by atoms with van der Waals surface area (Å²) in [6.45, 7) is 2.24. The third-order valence-electron chi connectivity index (χ3n) is 2.86. The van der Waals surface area contributed by atoms with Gasteiger partial charge in [0.15, 0.2) is 0 Å². The number of nitrogens with zero attached hydrogens (tertiary/aromatic N) is 1. The number of sulfonamides is 1. The van der Waals surface area contributed by atoms with Crippen LogP contribution in [0.2, 0.25) is 0 Å². The monoisotopic (exact) mass is 293 g/mol. The number of hydrogen-bond donors (Lipinski definition) is 2. The van der Waals surface area contributed by atoms with Gasteiger partial charge in [0.25, 0.3) is 0 Å². The van der Waals surface area contributed by atoms with Crippen LogP contribution in [0.5, 0.6) is 0 Å². The van der Waals surface area contributed by atoms with Crippen LogP contribution in [0.4, 0.5) is 0 Å². The highest BCUT2D eigenvalue weighted by Gasteiger charge is 2.08. The van der Waals surface area contributed by atoms with Crippen LogP contribution in [0.3, 0.4) is 0 Å². The molecule has 20 heavy (non-hydrogen) atoms. The van der Waals surface area contributed by atoms with E-state index in [1.54, 1.807) is 6.20 Å². The van der Waals surface area contributed by atoms with Crippen LogP contribution in [-0.2, 0) is 16.4 Å². The van der Waals surface area contributed by atoms with Crippen molar-refractivity contribution in [2.45, 2.75) is 19.8 Å². The molecular weight excluding hydrogens is 274 g/mol. The summed E-state index contributed by atoms with van der Waals surface area (Å²) in [6.07, 6.45) is 2.97. The fourth-order valence-electron chi connectivity index (χ4n) is 1.91. The van der Waals surface area contributed by atoms with Gasteiger partial charge in [0, 0.05) is 30.4 Å². The van der Waals surface area contributed by atoms with Gasteiger partial charge in [-0.05, 0) is 6.42 Å². The standard InChI is InChI=1S/C14H19N3O2S/c1-2-10-20(18,19)16-9-8-13-11-15-14(17-13)12-6-4-3-5-7-12/h3-7,11,16H,2,8-10H2,1H3,(H,15,17). The lowest BCUT2D eigenvalue weighted by molar-refractivity contribution is 0.580. The van der Waals surface area contributed by atoms with Gasteiger partial charge in [-0.25, -0.2) is 18.1 Å². The van der Waals surface area contributed by atoms with Gasteiger partial charge in [0.1, 0.15) is 5.82 Å². The third kappa shape index (κ3) is 4.18. The van der Waals surface area contributed by atoms with Crippen molar-refractivity contribution in [2.24, 2.45) is 0 Å². The van der Waals surface area contributed by atoms with Crippen molar-refractivity contribution >= 4 is 10.0 Å². The zero-order valence-electron chi connectivity index (χ0n) is 11.5. The molecule has 5 nitrogen and oxygen atoms in total. The largest absolute Gasteiger partial charge is 0.342 e. The van der Waals surface area contributed by atoms with E-state index in [1.165, 1.54) is 0 Å². The first-order chi connectivity index (χ1) is 9.61. The molecular formula is C14H19N3O2S. The number of rotatable bonds is 7. The van der Waals surface area contributed by atoms with E-state index < -0.39 is 10.0 Å². The average Bonchev–Trinajstić information content (AvgIpc) is 2.88. The maximum atomic E-state index is 11.5. The SMILES string of the molecule is CCCS(=O)(=O)NCCc1cnc(-c2ccccc2)[nH]1. The summed E-state index contributed by atoms with van der Waals surface area (Å²) < 4.78 is 25.6. The van der Waals surface area contributed by atoms with Crippen molar-refractivity contribution in [3.63, 3.8) is 0 Å². The first-order valence-electron chi connectivity index (χ1n) is 6.67. The molecule has 0 aliphatic rings. The van der Waals surface area contributed by atoms with E-state index in [1.807, 2.05) is 37.3 Å². The molecule has 0 unspecified atom stereocenters. The number of H-pyrrole nitrogens is 1. The van der Waals surface area contributed by atoms with Crippen LogP contribution in [0.15, 0.2) is 36.5 Å². The molecule has 0 spiro atoms. The van der Waals surface area contributed by atoms with Crippen molar-refractivity contribution in [3.05, 3.63) is 42.2 Å². The van der Waals surface area contributed by atoms with E-state index in [4.69, 9.17) is 0 Å². The molecule has 1 aromatic heterocycles. The predicted molar refractivity (Wildman–Crippen MR) is 79.8 cm³/mol. The third-order valence-corrected chi connectivity index (χ3v) is 4.45. The van der Waals surface area contributed by atoms with E-state index >= 15 is 0 Å². The number of aromatic nitrogens is 2. The minimum atomic E-state index is -3.13. The van der Waals surface area contributed by atoms with Crippen molar-refractivity contribution in [1.82, 2.24) is 14.7 Å². The maximum Gasteiger partial charge on any atom is 0.211 e. The maximum absolute atomic E-state index is 11.5. The Bertz CT molecular complexity index is 635. The number of benzene rings is 1. The highest BCUT2D eigenvalue weighted by Crippen LogP contribution is 2.14. The molecule has 2 rings (SSSR count). The molecule has 0 amide bonds. The zero-order valence-corrected chi connectivity index (χ0v) is 12.3. The minimum absolute atomic E-state index is 0.172. The lowest BCUT2D eigenvalue weighted by atomic mass is 10.2. The van der Waals surface area contributed by atoms with Gasteiger partial charge in [0.05, 0.1) is 5.75 Å². The minimum Gasteiger partial charge on any atom is -0.342 e. The Balaban J connectivity index is 1.91. The fourth-order valence-corrected chi connectivity index (χ4v) is 3.01. The molecule has 0 saturated heterocycles. The topological polar surface area (TPSA) is 74.8 Å². The van der Waals surface area contributed by atoms with Gasteiger partial charge < -0.3 is 4.98 Å². The molecule has 0 saturated carbocycles. The van der Waals surface area contributed by atoms with E-state index in [9.17, 15) is 8.42 Å². The van der Waals surface area contributed by atoms with E-state index in [0.29, 0.717) is 19.4 Å². The Morgan fingerprint density at radius 1 is 1.25 bits per heavy atom. The highest BCUT2D eigenvalue weighted by molar-refractivity contribution is 7.89. The first kappa shape index (κ1) is 14.7. The van der Waals surface area contributed by atoms with Gasteiger partial charge in [-0.2, -0.15) is 0 Å². The molecule has 2 aromatic rings. The molecule has 0 fully saturated rings. The van der Waals surface area contributed by atoms with Crippen molar-refractivity contribution in [1.29, 1.82) is 0 Å². The van der Waals surface area contributed by atoms with Gasteiger partial charge in [0.2, 0.25) is 10.0 Å². The zero-order chi connectivity index (χ0) is 14.4. The summed E-state index contributed by atoms with van der Waals surface area (Å²) in [5, 5.41) is 0. The predicted octanol–water partition coefficient (Wildman–Crippen LogP) is 1.95. The first-order valence-corrected chi connectivity index (χ1v) is 8.32. The molecule has 0 atom stereocenters. The Morgan fingerprint density at radius 2 is 2.00 bits per heavy atom. The van der Waals surface area contributed by atoms with Crippen molar-refractivity contribution in [2.75, 3.05) is 12.3 Å². The summed E-state index contributed by atoms with van der Waals surface area (Å²) in [5.41, 5.74) is 1.94. The second-order valence-electron chi connectivity index (χ2n) is 4.59. The molecule has 1 heterocycles. The Kier molecular flexibility index (Phi) is 4.92. The van der Waals surface area contributed by atoms with Crippen molar-refractivity contribution < 1.29 is 8.42 Å². The second-order valence-corrected chi connectivity index (χ2v) is 6.51. The molecule has 0 bridgehead atoms. The van der Waals surface area contributed by atoms with Gasteiger partial charge >= 0.3 is 0 Å². The van der Waals surface area contributed by atoms with Crippen LogP contribution in [0, 0.1) is 0 Å². The van der Waals surface area contributed by atoms with E-state index in [0.717, 1.165) is 17.1 Å². The van der Waals surface area contributed by atoms with Gasteiger partial charge in [-0.3, -0.25) is 0 Å². The van der Waals surface area contributed by atoms with E-state index in [2.05, 4.69) is 14.7 Å². The Labute approximate surface area is 119 Å². The lowest BCUT2D eigenvalue weighted by Gasteiger charge is -2.04. The summed E-state index contributed by atoms with van der Waals surface area (Å²) in [7, 11) is -3.13. The molecule has 0 radical (unpaired) electrons. The van der Waals surface area contributed by atoms with Crippen LogP contribution in [-0.4, -0.2) is 30.7 Å². The number of nitrogens with one attached hydrogen (secondary N) is 2. The summed E-state index contributed by atoms with van der Waals surface area (Å²) >= 11 is 0. The van der Waals surface area contributed by atoms with Crippen LogP contribution < -0.4 is 4.72 Å². The quantitative estimate of drug-likeness (QED) is 0.819. The van der Waals surface area contributed by atoms with Crippen molar-refractivity contribution in [3.8, 4) is 11.4 Å². The second kappa shape index (κ2) is 6.67. The average molecular weight is 293 g/mol. The number of hydrogen-bond acceptors (Lipinski definition) is 3. The molecule has 108 valence electrons. The smallest absolute Gasteiger partial charge is 0.211 e. The van der Waals surface area contributed by atoms with Crippen LogP contribution >= 0.6 is 0 Å². The summed E-state index contributed by atoms with van der Waals surface area (Å²) in [5.74, 6) is 0.975. The number of imidazole rings is 1. The fraction of sp³-hybridized carbons (Fsp3) is 0.357. The highest BCUT2D eigenvalue weighted by atomic mass is 32.2. The molecule has 6 heteroatoms. The summed E-state index contributed by atoms with van der Waals surface area (Å²) in [6, 6.07) is 9.82. The van der Waals surface area contributed by atoms with Gasteiger partial charge in [-0.15, -0.1) is 0 Å². The molecule has 2 N–H and O–H groups in total. The van der Waals surface area contributed by atoms with Gasteiger partial charge in [-0.1, -0.05) is 37.3 Å². The normalized spacial score (nSPS) is 11.7. The molecule has 0 aliphatic heterocycles. The lowest BCUT2D eigenvalue weighted by Crippen LogP contribution is -2.28. The Morgan fingerprint density at radius 3 is 2.70 bits per heavy atom. The van der Waals surface area contributed by atoms with Crippen LogP contribution in [0.1, 0.15) is 19.0 Å². The Hall–Kier alpha value is -1.66. The summed E-state index contributed by atoms with van der Waals surface area (Å²) in [4.78, 5) is 7.51. The molecule has 1 aromatic carbocycles. The van der Waals surface area contributed by atoms with Crippen LogP contribution in [0.25, 0.3) is 11.4 Å².